The Kier molecular flexibility index (Phi) is 42.3. The molecule has 1 amide bonds. The third-order valence-corrected chi connectivity index (χ3v) is 1.85. The number of likely N-dealkylation sites (N-methyl/N-ethyl adjacent to an activating group) is 1. The summed E-state index contributed by atoms with van der Waals surface area (Å²) < 4.78 is 0. The summed E-state index contributed by atoms with van der Waals surface area (Å²) in [7, 11) is 7.34. The topological polar surface area (TPSA) is 40.6 Å². The first-order valence-electron chi connectivity index (χ1n) is 5.71. The average molecular weight is 295 g/mol. The Labute approximate surface area is 129 Å². The van der Waals surface area contributed by atoms with E-state index in [9.17, 15) is 9.59 Å². The van der Waals surface area contributed by atoms with Crippen molar-refractivity contribution in [3.05, 3.63) is 0 Å². The van der Waals surface area contributed by atoms with E-state index in [-0.39, 0.29) is 35.6 Å². The maximum Gasteiger partial charge on any atom is 0.222 e. The van der Waals surface area contributed by atoms with Gasteiger partial charge in [-0.3, -0.25) is 9.59 Å². The van der Waals surface area contributed by atoms with Crippen LogP contribution in [0.5, 0.6) is 0 Å². The molecule has 0 rings (SSSR count). The van der Waals surface area contributed by atoms with E-state index in [1.165, 1.54) is 0 Å². The first kappa shape index (κ1) is 36.5. The highest BCUT2D eigenvalue weighted by Crippen LogP contribution is 1.89. The Bertz CT molecular complexity index is 203. The SMILES string of the molecule is C.C.C.C.CCC(=O)CN(C)C.CCCC(=O)N(C)C. The second-order valence-corrected chi connectivity index (χ2v) is 4.17. The minimum atomic E-state index is 0. The fraction of sp³-hybridized carbons (Fsp3) is 0.875. The van der Waals surface area contributed by atoms with Gasteiger partial charge in [-0.2, -0.15) is 0 Å². The van der Waals surface area contributed by atoms with Gasteiger partial charge in [-0.05, 0) is 20.5 Å². The fourth-order valence-electron chi connectivity index (χ4n) is 0.902. The lowest BCUT2D eigenvalue weighted by Crippen LogP contribution is -2.20. The Morgan fingerprint density at radius 2 is 1.25 bits per heavy atom. The van der Waals surface area contributed by atoms with E-state index in [0.717, 1.165) is 6.42 Å². The van der Waals surface area contributed by atoms with Crippen LogP contribution in [-0.2, 0) is 9.59 Å². The van der Waals surface area contributed by atoms with Crippen molar-refractivity contribution in [2.24, 2.45) is 0 Å². The Morgan fingerprint density at radius 3 is 1.35 bits per heavy atom. The Balaban J connectivity index is -0.0000000408. The van der Waals surface area contributed by atoms with Crippen molar-refractivity contribution in [3.8, 4) is 0 Å². The number of amides is 1. The van der Waals surface area contributed by atoms with Gasteiger partial charge in [0.1, 0.15) is 5.78 Å². The van der Waals surface area contributed by atoms with Crippen molar-refractivity contribution < 1.29 is 9.59 Å². The van der Waals surface area contributed by atoms with Crippen LogP contribution < -0.4 is 0 Å². The zero-order valence-corrected chi connectivity index (χ0v) is 11.5. The number of carbonyl (C=O) groups excluding carboxylic acids is 2. The summed E-state index contributed by atoms with van der Waals surface area (Å²) in [6.07, 6.45) is 2.27. The summed E-state index contributed by atoms with van der Waals surface area (Å²) in [5.41, 5.74) is 0. The largest absolute Gasteiger partial charge is 0.349 e. The molecule has 0 atom stereocenters. The molecule has 0 N–H and O–H groups in total. The van der Waals surface area contributed by atoms with Crippen LogP contribution in [0.15, 0.2) is 0 Å². The number of carbonyl (C=O) groups is 2. The molecule has 0 saturated carbocycles. The molecule has 0 aromatic carbocycles. The number of rotatable bonds is 5. The van der Waals surface area contributed by atoms with Gasteiger partial charge < -0.3 is 9.80 Å². The standard InChI is InChI=1S/2C6H13NO.4CH4/c1-4-6(8)5-7(2)3;1-4-5-6(8)7(2)3;;;;/h2*4-5H2,1-3H3;4*1H4. The van der Waals surface area contributed by atoms with Gasteiger partial charge in [0.15, 0.2) is 0 Å². The number of nitrogens with zero attached hydrogens (tertiary/aromatic N) is 2. The molecule has 0 unspecified atom stereocenters. The molecule has 0 bridgehead atoms. The molecule has 4 nitrogen and oxygen atoms in total. The highest BCUT2D eigenvalue weighted by Gasteiger charge is 1.98. The first-order valence-corrected chi connectivity index (χ1v) is 5.71. The number of hydrogen-bond donors (Lipinski definition) is 0. The zero-order chi connectivity index (χ0) is 13.1. The second kappa shape index (κ2) is 23.2. The van der Waals surface area contributed by atoms with E-state index in [1.807, 2.05) is 32.8 Å². The molecule has 0 fully saturated rings. The van der Waals surface area contributed by atoms with E-state index < -0.39 is 0 Å². The van der Waals surface area contributed by atoms with Crippen molar-refractivity contribution in [1.29, 1.82) is 0 Å². The van der Waals surface area contributed by atoms with Gasteiger partial charge in [-0.1, -0.05) is 43.6 Å². The summed E-state index contributed by atoms with van der Waals surface area (Å²) in [5, 5.41) is 0. The average Bonchev–Trinajstić information content (AvgIpc) is 2.18. The third kappa shape index (κ3) is 30.3. The van der Waals surface area contributed by atoms with Crippen molar-refractivity contribution in [1.82, 2.24) is 9.80 Å². The van der Waals surface area contributed by atoms with Gasteiger partial charge in [-0.15, -0.1) is 0 Å². The Morgan fingerprint density at radius 1 is 0.850 bits per heavy atom. The molecular formula is C16H42N2O2. The van der Waals surface area contributed by atoms with Crippen LogP contribution in [0.3, 0.4) is 0 Å². The predicted octanol–water partition coefficient (Wildman–Crippen LogP) is 3.95. The highest BCUT2D eigenvalue weighted by atomic mass is 16.2. The molecule has 0 aromatic rings. The van der Waals surface area contributed by atoms with Crippen LogP contribution in [0.25, 0.3) is 0 Å². The molecule has 0 aromatic heterocycles. The molecule has 0 saturated heterocycles. The molecule has 4 heteroatoms. The number of hydrogen-bond acceptors (Lipinski definition) is 3. The number of ketones is 1. The van der Waals surface area contributed by atoms with Gasteiger partial charge in [0.05, 0.1) is 6.54 Å². The second-order valence-electron chi connectivity index (χ2n) is 4.17. The first-order chi connectivity index (χ1) is 7.34. The Hall–Kier alpha value is -0.900. The van der Waals surface area contributed by atoms with Gasteiger partial charge in [0, 0.05) is 26.9 Å². The van der Waals surface area contributed by atoms with Crippen molar-refractivity contribution in [2.75, 3.05) is 34.7 Å². The molecule has 0 heterocycles. The van der Waals surface area contributed by atoms with Crippen molar-refractivity contribution in [2.45, 2.75) is 62.8 Å². The molecule has 0 radical (unpaired) electrons. The minimum Gasteiger partial charge on any atom is -0.349 e. The van der Waals surface area contributed by atoms with Crippen LogP contribution in [0, 0.1) is 0 Å². The van der Waals surface area contributed by atoms with E-state index >= 15 is 0 Å². The van der Waals surface area contributed by atoms with Crippen LogP contribution in [0.2, 0.25) is 0 Å². The summed E-state index contributed by atoms with van der Waals surface area (Å²) >= 11 is 0. The van der Waals surface area contributed by atoms with Crippen LogP contribution in [0.1, 0.15) is 62.8 Å². The molecule has 0 aliphatic heterocycles. The van der Waals surface area contributed by atoms with Crippen molar-refractivity contribution in [3.63, 3.8) is 0 Å². The summed E-state index contributed by atoms with van der Waals surface area (Å²) in [6.45, 7) is 4.46. The lowest BCUT2D eigenvalue weighted by atomic mass is 10.3. The maximum absolute atomic E-state index is 10.7. The van der Waals surface area contributed by atoms with E-state index in [4.69, 9.17) is 0 Å². The summed E-state index contributed by atoms with van der Waals surface area (Å²) in [4.78, 5) is 24.7. The smallest absolute Gasteiger partial charge is 0.222 e. The number of Topliss-reactive ketones (excluding diaryl/α,β-unsaturated/α-hetero) is 1. The highest BCUT2D eigenvalue weighted by molar-refractivity contribution is 5.79. The molecule has 0 aliphatic rings. The van der Waals surface area contributed by atoms with Gasteiger partial charge in [-0.25, -0.2) is 0 Å². The molecular weight excluding hydrogens is 252 g/mol. The minimum absolute atomic E-state index is 0. The lowest BCUT2D eigenvalue weighted by Gasteiger charge is -2.07. The monoisotopic (exact) mass is 294 g/mol. The van der Waals surface area contributed by atoms with E-state index in [1.54, 1.807) is 19.0 Å². The quantitative estimate of drug-likeness (QED) is 0.771. The van der Waals surface area contributed by atoms with Gasteiger partial charge >= 0.3 is 0 Å². The van der Waals surface area contributed by atoms with E-state index in [0.29, 0.717) is 25.2 Å². The zero-order valence-electron chi connectivity index (χ0n) is 11.5. The summed E-state index contributed by atoms with van der Waals surface area (Å²) in [6, 6.07) is 0. The third-order valence-electron chi connectivity index (χ3n) is 1.85. The molecule has 0 spiro atoms. The summed E-state index contributed by atoms with van der Waals surface area (Å²) in [5.74, 6) is 0.516. The van der Waals surface area contributed by atoms with Crippen LogP contribution in [-0.4, -0.2) is 56.2 Å². The molecule has 0 aliphatic carbocycles. The normalized spacial score (nSPS) is 7.55. The molecule has 20 heavy (non-hydrogen) atoms. The van der Waals surface area contributed by atoms with E-state index in [2.05, 4.69) is 0 Å². The van der Waals surface area contributed by atoms with Gasteiger partial charge in [0.2, 0.25) is 5.91 Å². The molecule has 128 valence electrons. The van der Waals surface area contributed by atoms with Gasteiger partial charge in [0.25, 0.3) is 0 Å². The fourth-order valence-corrected chi connectivity index (χ4v) is 0.902. The lowest BCUT2D eigenvalue weighted by molar-refractivity contribution is -0.128. The van der Waals surface area contributed by atoms with Crippen LogP contribution >= 0.6 is 0 Å². The maximum atomic E-state index is 10.7. The van der Waals surface area contributed by atoms with Crippen molar-refractivity contribution >= 4 is 11.7 Å². The van der Waals surface area contributed by atoms with Crippen LogP contribution in [0.4, 0.5) is 0 Å². The predicted molar refractivity (Wildman–Crippen MR) is 94.4 cm³/mol.